The summed E-state index contributed by atoms with van der Waals surface area (Å²) in [5, 5.41) is 8.99. The number of carbonyl (C=O) groups is 1. The Hall–Kier alpha value is -1.65. The lowest BCUT2D eigenvalue weighted by Gasteiger charge is -2.42. The third kappa shape index (κ3) is 2.85. The fourth-order valence-electron chi connectivity index (χ4n) is 2.21. The van der Waals surface area contributed by atoms with Gasteiger partial charge in [0.15, 0.2) is 0 Å². The van der Waals surface area contributed by atoms with E-state index in [-0.39, 0.29) is 11.8 Å². The predicted molar refractivity (Wildman–Crippen MR) is 73.4 cm³/mol. The van der Waals surface area contributed by atoms with Gasteiger partial charge in [-0.25, -0.2) is 9.97 Å². The quantitative estimate of drug-likeness (QED) is 0.900. The van der Waals surface area contributed by atoms with E-state index in [1.165, 1.54) is 0 Å². The van der Waals surface area contributed by atoms with Crippen molar-refractivity contribution in [2.45, 2.75) is 33.6 Å². The van der Waals surface area contributed by atoms with Gasteiger partial charge in [0.1, 0.15) is 11.6 Å². The third-order valence-electron chi connectivity index (χ3n) is 3.70. The van der Waals surface area contributed by atoms with Crippen LogP contribution in [0.1, 0.15) is 38.2 Å². The second-order valence-corrected chi connectivity index (χ2v) is 5.67. The minimum Gasteiger partial charge on any atom is -0.481 e. The number of hydrogen-bond donors (Lipinski definition) is 1. The van der Waals surface area contributed by atoms with Crippen LogP contribution in [0.5, 0.6) is 0 Å². The normalized spacial score (nSPS) is 17.4. The monoisotopic (exact) mass is 263 g/mol. The lowest BCUT2D eigenvalue weighted by Crippen LogP contribution is -2.51. The molecule has 1 aromatic heterocycles. The first-order chi connectivity index (χ1) is 8.88. The van der Waals surface area contributed by atoms with Gasteiger partial charge in [0, 0.05) is 36.7 Å². The number of aryl methyl sites for hydroxylation is 1. The van der Waals surface area contributed by atoms with Crippen LogP contribution < -0.4 is 4.90 Å². The Bertz CT molecular complexity index is 482. The van der Waals surface area contributed by atoms with Crippen molar-refractivity contribution < 1.29 is 9.90 Å². The first-order valence-electron chi connectivity index (χ1n) is 6.71. The molecule has 1 unspecified atom stereocenters. The molecule has 1 saturated heterocycles. The molecule has 5 heteroatoms. The van der Waals surface area contributed by atoms with E-state index < -0.39 is 5.97 Å². The number of anilines is 1. The van der Waals surface area contributed by atoms with Gasteiger partial charge in [0.05, 0.1) is 5.92 Å². The molecular weight excluding hydrogens is 242 g/mol. The summed E-state index contributed by atoms with van der Waals surface area (Å²) in [5.74, 6) is 1.29. The van der Waals surface area contributed by atoms with Crippen molar-refractivity contribution in [1.82, 2.24) is 9.97 Å². The Kier molecular flexibility index (Phi) is 3.73. The van der Waals surface area contributed by atoms with Crippen molar-refractivity contribution >= 4 is 11.8 Å². The Morgan fingerprint density at radius 1 is 1.37 bits per heavy atom. The Morgan fingerprint density at radius 2 is 2.00 bits per heavy atom. The van der Waals surface area contributed by atoms with E-state index in [4.69, 9.17) is 5.11 Å². The highest BCUT2D eigenvalue weighted by Gasteiger charge is 2.35. The van der Waals surface area contributed by atoms with E-state index in [1.54, 1.807) is 6.92 Å². The molecule has 1 aromatic rings. The maximum Gasteiger partial charge on any atom is 0.306 e. The summed E-state index contributed by atoms with van der Waals surface area (Å²) in [6.45, 7) is 9.42. The van der Waals surface area contributed by atoms with E-state index >= 15 is 0 Å². The van der Waals surface area contributed by atoms with E-state index in [9.17, 15) is 4.79 Å². The summed E-state index contributed by atoms with van der Waals surface area (Å²) in [6.07, 6.45) is 0. The summed E-state index contributed by atoms with van der Waals surface area (Å²) >= 11 is 0. The average Bonchev–Trinajstić information content (AvgIpc) is 2.25. The summed E-state index contributed by atoms with van der Waals surface area (Å²) < 4.78 is 0. The number of hydrogen-bond acceptors (Lipinski definition) is 4. The summed E-state index contributed by atoms with van der Waals surface area (Å²) in [5.41, 5.74) is 0.962. The van der Waals surface area contributed by atoms with Crippen LogP contribution in [0.2, 0.25) is 0 Å². The molecule has 2 rings (SSSR count). The van der Waals surface area contributed by atoms with Gasteiger partial charge in [-0.15, -0.1) is 0 Å². The van der Waals surface area contributed by atoms with Crippen molar-refractivity contribution in [2.24, 2.45) is 11.8 Å². The van der Waals surface area contributed by atoms with Gasteiger partial charge in [-0.1, -0.05) is 20.8 Å². The van der Waals surface area contributed by atoms with Crippen molar-refractivity contribution in [3.63, 3.8) is 0 Å². The van der Waals surface area contributed by atoms with Crippen molar-refractivity contribution in [3.05, 3.63) is 17.6 Å². The Labute approximate surface area is 113 Å². The van der Waals surface area contributed by atoms with Crippen molar-refractivity contribution in [2.75, 3.05) is 18.0 Å². The topological polar surface area (TPSA) is 66.3 Å². The molecule has 0 aliphatic carbocycles. The van der Waals surface area contributed by atoms with Crippen molar-refractivity contribution in [1.29, 1.82) is 0 Å². The summed E-state index contributed by atoms with van der Waals surface area (Å²) in [7, 11) is 0. The van der Waals surface area contributed by atoms with Crippen LogP contribution in [0.15, 0.2) is 6.07 Å². The molecule has 0 radical (unpaired) electrons. The van der Waals surface area contributed by atoms with Gasteiger partial charge in [0.25, 0.3) is 0 Å². The zero-order valence-corrected chi connectivity index (χ0v) is 11.9. The first-order valence-corrected chi connectivity index (χ1v) is 6.71. The van der Waals surface area contributed by atoms with Crippen LogP contribution in [0.25, 0.3) is 0 Å². The van der Waals surface area contributed by atoms with Gasteiger partial charge in [-0.3, -0.25) is 4.79 Å². The fourth-order valence-corrected chi connectivity index (χ4v) is 2.21. The van der Waals surface area contributed by atoms with Crippen LogP contribution in [0, 0.1) is 18.8 Å². The molecule has 1 N–H and O–H groups in total. The van der Waals surface area contributed by atoms with Gasteiger partial charge in [-0.2, -0.15) is 0 Å². The zero-order chi connectivity index (χ0) is 14.2. The molecule has 0 bridgehead atoms. The predicted octanol–water partition coefficient (Wildman–Crippen LogP) is 2.07. The minimum atomic E-state index is -0.716. The molecule has 1 aliphatic rings. The largest absolute Gasteiger partial charge is 0.481 e. The number of carboxylic acid groups (broad SMARTS) is 1. The van der Waals surface area contributed by atoms with Crippen LogP contribution in [0.3, 0.4) is 0 Å². The molecule has 1 aliphatic heterocycles. The van der Waals surface area contributed by atoms with Crippen LogP contribution in [-0.2, 0) is 4.79 Å². The number of rotatable bonds is 4. The third-order valence-corrected chi connectivity index (χ3v) is 3.70. The molecule has 5 nitrogen and oxygen atoms in total. The lowest BCUT2D eigenvalue weighted by molar-refractivity contribution is -0.143. The van der Waals surface area contributed by atoms with E-state index in [2.05, 4.69) is 28.7 Å². The smallest absolute Gasteiger partial charge is 0.306 e. The number of carboxylic acids is 1. The first kappa shape index (κ1) is 13.8. The Morgan fingerprint density at radius 3 is 2.53 bits per heavy atom. The van der Waals surface area contributed by atoms with Gasteiger partial charge < -0.3 is 10.0 Å². The maximum atomic E-state index is 10.9. The zero-order valence-electron chi connectivity index (χ0n) is 11.9. The van der Waals surface area contributed by atoms with E-state index in [1.807, 2.05) is 13.0 Å². The van der Waals surface area contributed by atoms with Crippen LogP contribution in [0.4, 0.5) is 5.82 Å². The lowest BCUT2D eigenvalue weighted by atomic mass is 9.87. The molecule has 1 atom stereocenters. The minimum absolute atomic E-state index is 0.218. The molecule has 0 amide bonds. The summed E-state index contributed by atoms with van der Waals surface area (Å²) in [4.78, 5) is 22.0. The average molecular weight is 263 g/mol. The summed E-state index contributed by atoms with van der Waals surface area (Å²) in [6, 6.07) is 1.97. The molecule has 1 fully saturated rings. The molecule has 104 valence electrons. The second kappa shape index (κ2) is 5.15. The Balaban J connectivity index is 2.07. The van der Waals surface area contributed by atoms with Crippen LogP contribution >= 0.6 is 0 Å². The number of nitrogens with zero attached hydrogens (tertiary/aromatic N) is 3. The SMILES string of the molecule is Cc1cc(N2CC(C(C)C(=O)O)C2)nc(C(C)C)n1. The van der Waals surface area contributed by atoms with E-state index in [0.717, 1.165) is 30.4 Å². The maximum absolute atomic E-state index is 10.9. The van der Waals surface area contributed by atoms with Gasteiger partial charge >= 0.3 is 5.97 Å². The van der Waals surface area contributed by atoms with Crippen LogP contribution in [-0.4, -0.2) is 34.1 Å². The highest BCUT2D eigenvalue weighted by molar-refractivity contribution is 5.70. The molecule has 19 heavy (non-hydrogen) atoms. The number of aliphatic carboxylic acids is 1. The highest BCUT2D eigenvalue weighted by atomic mass is 16.4. The van der Waals surface area contributed by atoms with Gasteiger partial charge in [0.2, 0.25) is 0 Å². The molecule has 0 spiro atoms. The fraction of sp³-hybridized carbons (Fsp3) is 0.643. The number of aromatic nitrogens is 2. The molecule has 0 saturated carbocycles. The highest BCUT2D eigenvalue weighted by Crippen LogP contribution is 2.29. The molecule has 2 heterocycles. The molecule has 0 aromatic carbocycles. The second-order valence-electron chi connectivity index (χ2n) is 5.67. The van der Waals surface area contributed by atoms with Gasteiger partial charge in [-0.05, 0) is 6.92 Å². The standard InChI is InChI=1S/C14H21N3O2/c1-8(2)13-15-9(3)5-12(16-13)17-6-11(7-17)10(4)14(18)19/h5,8,10-11H,6-7H2,1-4H3,(H,18,19). The van der Waals surface area contributed by atoms with E-state index in [0.29, 0.717) is 5.92 Å². The van der Waals surface area contributed by atoms with Crippen molar-refractivity contribution in [3.8, 4) is 0 Å². The molecular formula is C14H21N3O2.